The Balaban J connectivity index is 1.74. The number of thiazole rings is 1. The zero-order chi connectivity index (χ0) is 14.1. The van der Waals surface area contributed by atoms with E-state index in [1.165, 1.54) is 16.9 Å². The van der Waals surface area contributed by atoms with Crippen LogP contribution in [0.3, 0.4) is 0 Å². The number of nitrogens with one attached hydrogen (secondary N) is 1. The monoisotopic (exact) mass is 287 g/mol. The Labute approximate surface area is 122 Å². The molecule has 5 heteroatoms. The van der Waals surface area contributed by atoms with Gasteiger partial charge in [-0.1, -0.05) is 12.1 Å². The SMILES string of the molecule is Cc1cccc(OCc2nc(C3CC3)c(C(=N)N)s2)c1. The fourth-order valence-electron chi connectivity index (χ4n) is 2.12. The van der Waals surface area contributed by atoms with Gasteiger partial charge >= 0.3 is 0 Å². The first-order valence-corrected chi connectivity index (χ1v) is 7.48. The van der Waals surface area contributed by atoms with E-state index in [0.29, 0.717) is 12.5 Å². The van der Waals surface area contributed by atoms with Crippen LogP contribution in [0, 0.1) is 12.3 Å². The van der Waals surface area contributed by atoms with Crippen molar-refractivity contribution in [2.24, 2.45) is 5.73 Å². The zero-order valence-electron chi connectivity index (χ0n) is 11.3. The number of rotatable bonds is 5. The molecule has 1 aromatic heterocycles. The molecule has 0 aliphatic heterocycles. The Morgan fingerprint density at radius 3 is 2.95 bits per heavy atom. The van der Waals surface area contributed by atoms with Crippen LogP contribution < -0.4 is 10.5 Å². The van der Waals surface area contributed by atoms with E-state index in [1.54, 1.807) is 0 Å². The van der Waals surface area contributed by atoms with Crippen LogP contribution in [0.5, 0.6) is 5.75 Å². The molecule has 1 aliphatic rings. The highest BCUT2D eigenvalue weighted by Gasteiger charge is 2.30. The van der Waals surface area contributed by atoms with Crippen molar-refractivity contribution in [3.63, 3.8) is 0 Å². The Hall–Kier alpha value is -1.88. The smallest absolute Gasteiger partial charge is 0.140 e. The third kappa shape index (κ3) is 2.82. The van der Waals surface area contributed by atoms with Gasteiger partial charge in [-0.2, -0.15) is 0 Å². The first-order chi connectivity index (χ1) is 9.63. The summed E-state index contributed by atoms with van der Waals surface area (Å²) in [5.74, 6) is 1.46. The molecule has 0 unspecified atom stereocenters. The number of aromatic nitrogens is 1. The summed E-state index contributed by atoms with van der Waals surface area (Å²) < 4.78 is 5.76. The Kier molecular flexibility index (Phi) is 3.44. The number of nitrogen functional groups attached to an aromatic ring is 1. The largest absolute Gasteiger partial charge is 0.486 e. The number of amidine groups is 1. The molecule has 1 aliphatic carbocycles. The number of nitrogens with two attached hydrogens (primary N) is 1. The van der Waals surface area contributed by atoms with Crippen molar-refractivity contribution in [2.45, 2.75) is 32.3 Å². The van der Waals surface area contributed by atoms with Crippen LogP contribution in [0.25, 0.3) is 0 Å². The second-order valence-electron chi connectivity index (χ2n) is 5.12. The molecule has 0 saturated heterocycles. The first-order valence-electron chi connectivity index (χ1n) is 6.67. The van der Waals surface area contributed by atoms with Gasteiger partial charge in [0.2, 0.25) is 0 Å². The van der Waals surface area contributed by atoms with Crippen LogP contribution in [0.15, 0.2) is 24.3 Å². The molecule has 1 aromatic carbocycles. The molecule has 3 N–H and O–H groups in total. The molecule has 0 atom stereocenters. The summed E-state index contributed by atoms with van der Waals surface area (Å²) >= 11 is 1.47. The van der Waals surface area contributed by atoms with E-state index >= 15 is 0 Å². The number of hydrogen-bond acceptors (Lipinski definition) is 4. The van der Waals surface area contributed by atoms with Gasteiger partial charge in [-0.15, -0.1) is 11.3 Å². The van der Waals surface area contributed by atoms with Gasteiger partial charge in [0.15, 0.2) is 0 Å². The molecular formula is C15H17N3OS. The number of benzene rings is 1. The zero-order valence-corrected chi connectivity index (χ0v) is 12.2. The summed E-state index contributed by atoms with van der Waals surface area (Å²) in [6.07, 6.45) is 2.31. The van der Waals surface area contributed by atoms with Gasteiger partial charge in [0.05, 0.1) is 10.6 Å². The quantitative estimate of drug-likeness (QED) is 0.655. The van der Waals surface area contributed by atoms with Gasteiger partial charge in [-0.3, -0.25) is 5.41 Å². The van der Waals surface area contributed by atoms with E-state index in [4.69, 9.17) is 15.9 Å². The topological polar surface area (TPSA) is 72.0 Å². The van der Waals surface area contributed by atoms with Gasteiger partial charge in [0, 0.05) is 5.92 Å². The van der Waals surface area contributed by atoms with Crippen molar-refractivity contribution in [2.75, 3.05) is 0 Å². The Morgan fingerprint density at radius 2 is 2.30 bits per heavy atom. The second-order valence-corrected chi connectivity index (χ2v) is 6.20. The fourth-order valence-corrected chi connectivity index (χ4v) is 3.04. The first kappa shape index (κ1) is 13.1. The molecule has 1 heterocycles. The van der Waals surface area contributed by atoms with E-state index in [0.717, 1.165) is 34.2 Å². The summed E-state index contributed by atoms with van der Waals surface area (Å²) in [6, 6.07) is 7.95. The number of aryl methyl sites for hydroxylation is 1. The molecule has 104 valence electrons. The van der Waals surface area contributed by atoms with Crippen LogP contribution in [0.1, 0.15) is 39.9 Å². The predicted molar refractivity (Wildman–Crippen MR) is 80.6 cm³/mol. The van der Waals surface area contributed by atoms with E-state index in [9.17, 15) is 0 Å². The van der Waals surface area contributed by atoms with Crippen molar-refractivity contribution in [3.8, 4) is 5.75 Å². The van der Waals surface area contributed by atoms with Crippen LogP contribution in [0.2, 0.25) is 0 Å². The van der Waals surface area contributed by atoms with Crippen LogP contribution >= 0.6 is 11.3 Å². The van der Waals surface area contributed by atoms with Crippen molar-refractivity contribution >= 4 is 17.2 Å². The molecule has 0 spiro atoms. The molecular weight excluding hydrogens is 270 g/mol. The molecule has 4 nitrogen and oxygen atoms in total. The predicted octanol–water partition coefficient (Wildman–Crippen LogP) is 3.19. The lowest BCUT2D eigenvalue weighted by Gasteiger charge is -2.04. The lowest BCUT2D eigenvalue weighted by Crippen LogP contribution is -2.11. The standard InChI is InChI=1S/C15H17N3OS/c1-9-3-2-4-11(7-9)19-8-12-18-13(10-5-6-10)14(20-12)15(16)17/h2-4,7,10H,5-6,8H2,1H3,(H3,16,17). The summed E-state index contributed by atoms with van der Waals surface area (Å²) in [7, 11) is 0. The maximum absolute atomic E-state index is 7.64. The van der Waals surface area contributed by atoms with E-state index in [2.05, 4.69) is 4.98 Å². The van der Waals surface area contributed by atoms with Gasteiger partial charge in [-0.25, -0.2) is 4.98 Å². The molecule has 0 radical (unpaired) electrons. The normalized spacial score (nSPS) is 14.2. The highest BCUT2D eigenvalue weighted by Crippen LogP contribution is 2.42. The number of hydrogen-bond donors (Lipinski definition) is 2. The molecule has 3 rings (SSSR count). The van der Waals surface area contributed by atoms with Crippen molar-refractivity contribution < 1.29 is 4.74 Å². The van der Waals surface area contributed by atoms with Crippen LogP contribution in [0.4, 0.5) is 0 Å². The van der Waals surface area contributed by atoms with Crippen LogP contribution in [-0.2, 0) is 6.61 Å². The summed E-state index contributed by atoms with van der Waals surface area (Å²) in [4.78, 5) is 5.42. The number of nitrogens with zero attached hydrogens (tertiary/aromatic N) is 1. The highest BCUT2D eigenvalue weighted by atomic mass is 32.1. The fraction of sp³-hybridized carbons (Fsp3) is 0.333. The lowest BCUT2D eigenvalue weighted by molar-refractivity contribution is 0.305. The Bertz CT molecular complexity index is 646. The third-order valence-corrected chi connectivity index (χ3v) is 4.34. The van der Waals surface area contributed by atoms with E-state index in [-0.39, 0.29) is 5.84 Å². The van der Waals surface area contributed by atoms with E-state index < -0.39 is 0 Å². The molecule has 20 heavy (non-hydrogen) atoms. The number of ether oxygens (including phenoxy) is 1. The molecule has 0 bridgehead atoms. The van der Waals surface area contributed by atoms with Gasteiger partial charge in [0.1, 0.15) is 23.2 Å². The Morgan fingerprint density at radius 1 is 1.50 bits per heavy atom. The minimum absolute atomic E-state index is 0.117. The highest BCUT2D eigenvalue weighted by molar-refractivity contribution is 7.13. The molecule has 1 saturated carbocycles. The molecule has 2 aromatic rings. The van der Waals surface area contributed by atoms with Gasteiger partial charge in [0.25, 0.3) is 0 Å². The minimum atomic E-state index is 0.117. The van der Waals surface area contributed by atoms with Gasteiger partial charge in [-0.05, 0) is 37.5 Å². The summed E-state index contributed by atoms with van der Waals surface area (Å²) in [5, 5.41) is 8.53. The van der Waals surface area contributed by atoms with Crippen molar-refractivity contribution in [3.05, 3.63) is 45.4 Å². The van der Waals surface area contributed by atoms with Crippen molar-refractivity contribution in [1.82, 2.24) is 4.98 Å². The average Bonchev–Trinajstić information content (AvgIpc) is 3.16. The molecule has 1 fully saturated rings. The maximum Gasteiger partial charge on any atom is 0.140 e. The average molecular weight is 287 g/mol. The second kappa shape index (κ2) is 5.25. The van der Waals surface area contributed by atoms with Crippen molar-refractivity contribution in [1.29, 1.82) is 5.41 Å². The van der Waals surface area contributed by atoms with Crippen LogP contribution in [-0.4, -0.2) is 10.8 Å². The summed E-state index contributed by atoms with van der Waals surface area (Å²) in [5.41, 5.74) is 7.80. The molecule has 0 amide bonds. The van der Waals surface area contributed by atoms with E-state index in [1.807, 2.05) is 31.2 Å². The maximum atomic E-state index is 7.64. The lowest BCUT2D eigenvalue weighted by atomic mass is 10.2. The third-order valence-electron chi connectivity index (χ3n) is 3.26. The van der Waals surface area contributed by atoms with Gasteiger partial charge < -0.3 is 10.5 Å². The summed E-state index contributed by atoms with van der Waals surface area (Å²) in [6.45, 7) is 2.47. The minimum Gasteiger partial charge on any atom is -0.486 e.